The molecular weight excluding hydrogens is 271 g/mol. The van der Waals surface area contributed by atoms with E-state index in [9.17, 15) is 13.2 Å². The highest BCUT2D eigenvalue weighted by Crippen LogP contribution is 2.23. The van der Waals surface area contributed by atoms with Crippen LogP contribution in [0.5, 0.6) is 5.75 Å². The Bertz CT molecular complexity index is 543. The van der Waals surface area contributed by atoms with Crippen LogP contribution >= 0.6 is 0 Å². The molecule has 0 fully saturated rings. The SMILES string of the molecule is CC(Cc1ccco1)Nc1ccc(OC(F)F)c(F)c1. The topological polar surface area (TPSA) is 34.4 Å². The molecule has 1 N–H and O–H groups in total. The fourth-order valence-electron chi connectivity index (χ4n) is 1.85. The van der Waals surface area contributed by atoms with E-state index in [0.29, 0.717) is 12.1 Å². The van der Waals surface area contributed by atoms with Crippen molar-refractivity contribution >= 4 is 5.69 Å². The molecule has 0 bridgehead atoms. The zero-order valence-electron chi connectivity index (χ0n) is 10.8. The van der Waals surface area contributed by atoms with Crippen molar-refractivity contribution in [3.63, 3.8) is 0 Å². The molecule has 20 heavy (non-hydrogen) atoms. The molecule has 0 aliphatic heterocycles. The number of ether oxygens (including phenoxy) is 1. The van der Waals surface area contributed by atoms with Crippen LogP contribution in [0.2, 0.25) is 0 Å². The van der Waals surface area contributed by atoms with Crippen LogP contribution in [0.1, 0.15) is 12.7 Å². The van der Waals surface area contributed by atoms with Gasteiger partial charge < -0.3 is 14.5 Å². The zero-order valence-corrected chi connectivity index (χ0v) is 10.8. The van der Waals surface area contributed by atoms with Gasteiger partial charge in [-0.2, -0.15) is 8.78 Å². The normalized spacial score (nSPS) is 12.4. The molecule has 1 heterocycles. The largest absolute Gasteiger partial charge is 0.469 e. The van der Waals surface area contributed by atoms with Crippen LogP contribution in [-0.4, -0.2) is 12.7 Å². The third kappa shape index (κ3) is 3.94. The van der Waals surface area contributed by atoms with Crippen molar-refractivity contribution in [1.29, 1.82) is 0 Å². The quantitative estimate of drug-likeness (QED) is 0.869. The van der Waals surface area contributed by atoms with Crippen LogP contribution in [0.3, 0.4) is 0 Å². The van der Waals surface area contributed by atoms with Gasteiger partial charge in [0.1, 0.15) is 5.76 Å². The molecule has 0 aliphatic carbocycles. The van der Waals surface area contributed by atoms with Gasteiger partial charge in [0.15, 0.2) is 11.6 Å². The lowest BCUT2D eigenvalue weighted by Gasteiger charge is -2.15. The van der Waals surface area contributed by atoms with Crippen molar-refractivity contribution in [2.75, 3.05) is 5.32 Å². The number of rotatable bonds is 6. The van der Waals surface area contributed by atoms with Crippen molar-refractivity contribution < 1.29 is 22.3 Å². The highest BCUT2D eigenvalue weighted by atomic mass is 19.3. The van der Waals surface area contributed by atoms with E-state index in [1.54, 1.807) is 12.3 Å². The van der Waals surface area contributed by atoms with Gasteiger partial charge in [-0.3, -0.25) is 0 Å². The third-order valence-corrected chi connectivity index (χ3v) is 2.65. The number of hydrogen-bond donors (Lipinski definition) is 1. The second kappa shape index (κ2) is 6.36. The summed E-state index contributed by atoms with van der Waals surface area (Å²) in [5.74, 6) is -0.493. The Kier molecular flexibility index (Phi) is 4.55. The minimum absolute atomic E-state index is 0.00224. The zero-order chi connectivity index (χ0) is 14.5. The summed E-state index contributed by atoms with van der Waals surface area (Å²) in [7, 11) is 0. The van der Waals surface area contributed by atoms with Crippen LogP contribution in [0.25, 0.3) is 0 Å². The standard InChI is InChI=1S/C14H14F3NO2/c1-9(7-11-3-2-6-19-11)18-10-4-5-13(12(15)8-10)20-14(16)17/h2-6,8-9,14,18H,7H2,1H3. The summed E-state index contributed by atoms with van der Waals surface area (Å²) in [4.78, 5) is 0. The van der Waals surface area contributed by atoms with Crippen LogP contribution < -0.4 is 10.1 Å². The van der Waals surface area contributed by atoms with Crippen molar-refractivity contribution in [2.24, 2.45) is 0 Å². The molecule has 108 valence electrons. The van der Waals surface area contributed by atoms with Crippen LogP contribution in [-0.2, 0) is 6.42 Å². The summed E-state index contributed by atoms with van der Waals surface area (Å²) in [5.41, 5.74) is 0.489. The number of anilines is 1. The molecule has 1 aromatic heterocycles. The van der Waals surface area contributed by atoms with Gasteiger partial charge >= 0.3 is 6.61 Å². The van der Waals surface area contributed by atoms with E-state index in [1.165, 1.54) is 12.1 Å². The number of furan rings is 1. The summed E-state index contributed by atoms with van der Waals surface area (Å²) in [6.07, 6.45) is 2.21. The summed E-state index contributed by atoms with van der Waals surface area (Å²) in [6, 6.07) is 7.41. The average Bonchev–Trinajstić information content (AvgIpc) is 2.85. The second-order valence-corrected chi connectivity index (χ2v) is 4.35. The monoisotopic (exact) mass is 285 g/mol. The van der Waals surface area contributed by atoms with Gasteiger partial charge in [-0.15, -0.1) is 0 Å². The van der Waals surface area contributed by atoms with Gasteiger partial charge in [-0.05, 0) is 31.2 Å². The predicted octanol–water partition coefficient (Wildman–Crippen LogP) is 4.06. The lowest BCUT2D eigenvalue weighted by atomic mass is 10.2. The van der Waals surface area contributed by atoms with Gasteiger partial charge in [0, 0.05) is 24.2 Å². The highest BCUT2D eigenvalue weighted by Gasteiger charge is 2.11. The Labute approximate surface area is 114 Å². The molecule has 0 radical (unpaired) electrons. The molecule has 0 saturated carbocycles. The van der Waals surface area contributed by atoms with E-state index >= 15 is 0 Å². The molecule has 1 unspecified atom stereocenters. The fourth-order valence-corrected chi connectivity index (χ4v) is 1.85. The first-order valence-electron chi connectivity index (χ1n) is 6.08. The van der Waals surface area contributed by atoms with Crippen LogP contribution in [0, 0.1) is 5.82 Å². The number of nitrogens with one attached hydrogen (secondary N) is 1. The van der Waals surface area contributed by atoms with Gasteiger partial charge in [0.25, 0.3) is 0 Å². The maximum absolute atomic E-state index is 13.5. The van der Waals surface area contributed by atoms with E-state index in [1.807, 2.05) is 13.0 Å². The highest BCUT2D eigenvalue weighted by molar-refractivity contribution is 5.48. The molecular formula is C14H14F3NO2. The number of halogens is 3. The smallest absolute Gasteiger partial charge is 0.387 e. The second-order valence-electron chi connectivity index (χ2n) is 4.35. The fraction of sp³-hybridized carbons (Fsp3) is 0.286. The van der Waals surface area contributed by atoms with E-state index in [2.05, 4.69) is 10.1 Å². The Morgan fingerprint density at radius 3 is 2.70 bits per heavy atom. The van der Waals surface area contributed by atoms with E-state index in [-0.39, 0.29) is 6.04 Å². The molecule has 2 aromatic rings. The molecule has 0 saturated heterocycles. The first-order valence-corrected chi connectivity index (χ1v) is 6.08. The summed E-state index contributed by atoms with van der Waals surface area (Å²) in [6.45, 7) is -1.13. The minimum Gasteiger partial charge on any atom is -0.469 e. The minimum atomic E-state index is -3.04. The molecule has 0 amide bonds. The Balaban J connectivity index is 1.97. The molecule has 6 heteroatoms. The third-order valence-electron chi connectivity index (χ3n) is 2.65. The lowest BCUT2D eigenvalue weighted by molar-refractivity contribution is -0.0521. The van der Waals surface area contributed by atoms with Crippen LogP contribution in [0.4, 0.5) is 18.9 Å². The maximum atomic E-state index is 13.5. The van der Waals surface area contributed by atoms with E-state index in [0.717, 1.165) is 11.8 Å². The van der Waals surface area contributed by atoms with Gasteiger partial charge in [-0.25, -0.2) is 4.39 Å². The Morgan fingerprint density at radius 1 is 1.30 bits per heavy atom. The van der Waals surface area contributed by atoms with Crippen LogP contribution in [0.15, 0.2) is 41.0 Å². The van der Waals surface area contributed by atoms with Gasteiger partial charge in [0.2, 0.25) is 0 Å². The van der Waals surface area contributed by atoms with Crippen molar-refractivity contribution in [3.05, 3.63) is 48.2 Å². The number of benzene rings is 1. The number of alkyl halides is 2. The van der Waals surface area contributed by atoms with E-state index < -0.39 is 18.2 Å². The molecule has 0 aliphatic rings. The van der Waals surface area contributed by atoms with Gasteiger partial charge in [0.05, 0.1) is 6.26 Å². The summed E-state index contributed by atoms with van der Waals surface area (Å²) >= 11 is 0. The molecule has 0 spiro atoms. The predicted molar refractivity (Wildman–Crippen MR) is 68.5 cm³/mol. The van der Waals surface area contributed by atoms with E-state index in [4.69, 9.17) is 4.42 Å². The maximum Gasteiger partial charge on any atom is 0.387 e. The average molecular weight is 285 g/mol. The molecule has 1 atom stereocenters. The van der Waals surface area contributed by atoms with Crippen molar-refractivity contribution in [3.8, 4) is 5.75 Å². The first kappa shape index (κ1) is 14.3. The first-order chi connectivity index (χ1) is 9.54. The summed E-state index contributed by atoms with van der Waals surface area (Å²) < 4.78 is 46.8. The Hall–Kier alpha value is -2.11. The molecule has 2 rings (SSSR count). The van der Waals surface area contributed by atoms with Crippen molar-refractivity contribution in [1.82, 2.24) is 0 Å². The lowest BCUT2D eigenvalue weighted by Crippen LogP contribution is -2.17. The Morgan fingerprint density at radius 2 is 2.10 bits per heavy atom. The number of hydrogen-bond acceptors (Lipinski definition) is 3. The summed E-state index contributed by atoms with van der Waals surface area (Å²) in [5, 5.41) is 3.06. The molecule has 1 aromatic carbocycles. The van der Waals surface area contributed by atoms with Gasteiger partial charge in [-0.1, -0.05) is 0 Å². The molecule has 3 nitrogen and oxygen atoms in total. The van der Waals surface area contributed by atoms with Crippen molar-refractivity contribution in [2.45, 2.75) is 26.0 Å².